The first-order valence-corrected chi connectivity index (χ1v) is 7.38. The molecule has 2 rings (SSSR count). The average Bonchev–Trinajstić information content (AvgIpc) is 2.50. The van der Waals surface area contributed by atoms with E-state index in [2.05, 4.69) is 12.2 Å². The second-order valence-electron chi connectivity index (χ2n) is 5.45. The number of phenolic OH excluding ortho intramolecular Hbond substituents is 2. The number of phenols is 2. The van der Waals surface area contributed by atoms with Crippen LogP contribution in [0.2, 0.25) is 0 Å². The van der Waals surface area contributed by atoms with Crippen LogP contribution in [0.4, 0.5) is 0 Å². The molecule has 0 amide bonds. The third-order valence-corrected chi connectivity index (χ3v) is 3.51. The fourth-order valence-electron chi connectivity index (χ4n) is 2.28. The van der Waals surface area contributed by atoms with Gasteiger partial charge >= 0.3 is 0 Å². The third kappa shape index (κ3) is 4.90. The molecule has 22 heavy (non-hydrogen) atoms. The van der Waals surface area contributed by atoms with Gasteiger partial charge in [-0.2, -0.15) is 0 Å². The van der Waals surface area contributed by atoms with E-state index >= 15 is 0 Å². The summed E-state index contributed by atoms with van der Waals surface area (Å²) in [6.45, 7) is 2.68. The van der Waals surface area contributed by atoms with Crippen LogP contribution in [-0.2, 0) is 6.42 Å². The standard InChI is InChI=1S/C18H21NO3/c1-13(12-14-2-6-16(20)7-3-14)19-11-10-18(22)15-4-8-17(21)9-5-15/h2-9,13,19-21H,10-12H2,1H3. The van der Waals surface area contributed by atoms with Gasteiger partial charge in [-0.1, -0.05) is 12.1 Å². The number of carbonyl (C=O) groups is 1. The van der Waals surface area contributed by atoms with E-state index in [0.29, 0.717) is 18.5 Å². The SMILES string of the molecule is CC(Cc1ccc(O)cc1)NCCC(=O)c1ccc(O)cc1. The Balaban J connectivity index is 1.74. The van der Waals surface area contributed by atoms with Crippen molar-refractivity contribution in [2.45, 2.75) is 25.8 Å². The van der Waals surface area contributed by atoms with Crippen molar-refractivity contribution in [3.8, 4) is 11.5 Å². The zero-order valence-electron chi connectivity index (χ0n) is 12.6. The van der Waals surface area contributed by atoms with Crippen LogP contribution < -0.4 is 5.32 Å². The van der Waals surface area contributed by atoms with Gasteiger partial charge in [-0.3, -0.25) is 4.79 Å². The molecule has 0 saturated carbocycles. The Labute approximate surface area is 130 Å². The van der Waals surface area contributed by atoms with Crippen LogP contribution in [0.15, 0.2) is 48.5 Å². The number of aromatic hydroxyl groups is 2. The normalized spacial score (nSPS) is 12.0. The van der Waals surface area contributed by atoms with Crippen molar-refractivity contribution in [2.24, 2.45) is 0 Å². The fourth-order valence-corrected chi connectivity index (χ4v) is 2.28. The summed E-state index contributed by atoms with van der Waals surface area (Å²) in [5, 5.41) is 21.8. The predicted octanol–water partition coefficient (Wildman–Crippen LogP) is 2.89. The number of nitrogens with one attached hydrogen (secondary N) is 1. The lowest BCUT2D eigenvalue weighted by Crippen LogP contribution is -2.30. The molecule has 0 heterocycles. The molecule has 2 aromatic carbocycles. The molecule has 0 aliphatic carbocycles. The molecular weight excluding hydrogens is 278 g/mol. The number of rotatable bonds is 7. The van der Waals surface area contributed by atoms with Gasteiger partial charge in [-0.05, 0) is 55.3 Å². The first kappa shape index (κ1) is 16.0. The number of hydrogen-bond donors (Lipinski definition) is 3. The molecule has 0 fully saturated rings. The van der Waals surface area contributed by atoms with Crippen molar-refractivity contribution in [3.05, 3.63) is 59.7 Å². The maximum Gasteiger partial charge on any atom is 0.164 e. The molecule has 0 aliphatic heterocycles. The molecule has 0 saturated heterocycles. The topological polar surface area (TPSA) is 69.6 Å². The Morgan fingerprint density at radius 3 is 2.14 bits per heavy atom. The molecule has 0 spiro atoms. The highest BCUT2D eigenvalue weighted by atomic mass is 16.3. The van der Waals surface area contributed by atoms with Crippen molar-refractivity contribution in [3.63, 3.8) is 0 Å². The number of carbonyl (C=O) groups excluding carboxylic acids is 1. The van der Waals surface area contributed by atoms with Crippen molar-refractivity contribution < 1.29 is 15.0 Å². The van der Waals surface area contributed by atoms with Crippen LogP contribution in [-0.4, -0.2) is 28.6 Å². The molecule has 2 aromatic rings. The zero-order chi connectivity index (χ0) is 15.9. The van der Waals surface area contributed by atoms with E-state index in [9.17, 15) is 15.0 Å². The Kier molecular flexibility index (Phi) is 5.55. The lowest BCUT2D eigenvalue weighted by Gasteiger charge is -2.13. The molecule has 4 nitrogen and oxygen atoms in total. The summed E-state index contributed by atoms with van der Waals surface area (Å²) < 4.78 is 0. The van der Waals surface area contributed by atoms with Crippen LogP contribution in [0.5, 0.6) is 11.5 Å². The van der Waals surface area contributed by atoms with E-state index in [-0.39, 0.29) is 23.3 Å². The molecular formula is C18H21NO3. The first-order valence-electron chi connectivity index (χ1n) is 7.38. The van der Waals surface area contributed by atoms with Crippen molar-refractivity contribution in [2.75, 3.05) is 6.54 Å². The summed E-state index contributed by atoms with van der Waals surface area (Å²) in [5.41, 5.74) is 1.76. The third-order valence-electron chi connectivity index (χ3n) is 3.51. The van der Waals surface area contributed by atoms with Crippen molar-refractivity contribution >= 4 is 5.78 Å². The van der Waals surface area contributed by atoms with Crippen LogP contribution >= 0.6 is 0 Å². The van der Waals surface area contributed by atoms with E-state index in [1.165, 1.54) is 12.1 Å². The lowest BCUT2D eigenvalue weighted by atomic mass is 10.1. The van der Waals surface area contributed by atoms with Crippen molar-refractivity contribution in [1.29, 1.82) is 0 Å². The highest BCUT2D eigenvalue weighted by Gasteiger charge is 2.07. The summed E-state index contributed by atoms with van der Waals surface area (Å²) in [7, 11) is 0. The van der Waals surface area contributed by atoms with Crippen molar-refractivity contribution in [1.82, 2.24) is 5.32 Å². The number of ketones is 1. The molecule has 116 valence electrons. The van der Waals surface area contributed by atoms with E-state index in [1.807, 2.05) is 12.1 Å². The molecule has 0 aromatic heterocycles. The van der Waals surface area contributed by atoms with E-state index in [0.717, 1.165) is 12.0 Å². The maximum absolute atomic E-state index is 12.0. The van der Waals surface area contributed by atoms with E-state index in [1.54, 1.807) is 24.3 Å². The van der Waals surface area contributed by atoms with Gasteiger partial charge in [-0.25, -0.2) is 0 Å². The molecule has 4 heteroatoms. The van der Waals surface area contributed by atoms with Gasteiger partial charge in [-0.15, -0.1) is 0 Å². The van der Waals surface area contributed by atoms with Gasteiger partial charge in [0.15, 0.2) is 5.78 Å². The highest BCUT2D eigenvalue weighted by Crippen LogP contribution is 2.12. The predicted molar refractivity (Wildman–Crippen MR) is 86.3 cm³/mol. The summed E-state index contributed by atoms with van der Waals surface area (Å²) >= 11 is 0. The smallest absolute Gasteiger partial charge is 0.164 e. The zero-order valence-corrected chi connectivity index (χ0v) is 12.6. The summed E-state index contributed by atoms with van der Waals surface area (Å²) in [4.78, 5) is 12.0. The first-order chi connectivity index (χ1) is 10.5. The maximum atomic E-state index is 12.0. The Morgan fingerprint density at radius 1 is 1.00 bits per heavy atom. The molecule has 0 aliphatic rings. The van der Waals surface area contributed by atoms with Gasteiger partial charge in [0.25, 0.3) is 0 Å². The van der Waals surface area contributed by atoms with Crippen LogP contribution in [0.3, 0.4) is 0 Å². The van der Waals surface area contributed by atoms with Crippen LogP contribution in [0, 0.1) is 0 Å². The number of Topliss-reactive ketones (excluding diaryl/α,β-unsaturated/α-hetero) is 1. The minimum absolute atomic E-state index is 0.0596. The molecule has 1 atom stereocenters. The fraction of sp³-hybridized carbons (Fsp3) is 0.278. The monoisotopic (exact) mass is 299 g/mol. The highest BCUT2D eigenvalue weighted by molar-refractivity contribution is 5.96. The van der Waals surface area contributed by atoms with Gasteiger partial charge in [0.05, 0.1) is 0 Å². The molecule has 0 bridgehead atoms. The molecule has 0 radical (unpaired) electrons. The second kappa shape index (κ2) is 7.61. The summed E-state index contributed by atoms with van der Waals surface area (Å²) in [6, 6.07) is 13.7. The average molecular weight is 299 g/mol. The lowest BCUT2D eigenvalue weighted by molar-refractivity contribution is 0.0982. The number of hydrogen-bond acceptors (Lipinski definition) is 4. The summed E-state index contributed by atoms with van der Waals surface area (Å²) in [5.74, 6) is 0.491. The van der Waals surface area contributed by atoms with Gasteiger partial charge in [0.1, 0.15) is 11.5 Å². The quantitative estimate of drug-likeness (QED) is 0.688. The van der Waals surface area contributed by atoms with E-state index < -0.39 is 0 Å². The van der Waals surface area contributed by atoms with Gasteiger partial charge in [0.2, 0.25) is 0 Å². The van der Waals surface area contributed by atoms with Crippen LogP contribution in [0.1, 0.15) is 29.3 Å². The van der Waals surface area contributed by atoms with Gasteiger partial charge in [0, 0.05) is 24.6 Å². The second-order valence-corrected chi connectivity index (χ2v) is 5.45. The Morgan fingerprint density at radius 2 is 1.55 bits per heavy atom. The largest absolute Gasteiger partial charge is 0.508 e. The minimum atomic E-state index is 0.0596. The molecule has 1 unspecified atom stereocenters. The molecule has 3 N–H and O–H groups in total. The Hall–Kier alpha value is -2.33. The minimum Gasteiger partial charge on any atom is -0.508 e. The number of benzene rings is 2. The van der Waals surface area contributed by atoms with Crippen LogP contribution in [0.25, 0.3) is 0 Å². The Bertz CT molecular complexity index is 605. The summed E-state index contributed by atoms with van der Waals surface area (Å²) in [6.07, 6.45) is 1.26. The van der Waals surface area contributed by atoms with E-state index in [4.69, 9.17) is 0 Å². The van der Waals surface area contributed by atoms with Gasteiger partial charge < -0.3 is 15.5 Å².